The van der Waals surface area contributed by atoms with Crippen LogP contribution < -0.4 is 5.73 Å². The van der Waals surface area contributed by atoms with Crippen molar-refractivity contribution in [3.05, 3.63) is 0 Å². The molecule has 128 valence electrons. The molecule has 0 spiro atoms. The van der Waals surface area contributed by atoms with Crippen LogP contribution in [0, 0.1) is 5.92 Å². The van der Waals surface area contributed by atoms with Gasteiger partial charge in [0.1, 0.15) is 11.1 Å². The molecule has 22 heavy (non-hydrogen) atoms. The molecule has 6 heteroatoms. The van der Waals surface area contributed by atoms with Gasteiger partial charge < -0.3 is 10.5 Å². The second-order valence-electron chi connectivity index (χ2n) is 7.13. The fraction of sp³-hybridized carbons (Fsp3) is 0.875. The molecule has 0 saturated heterocycles. The molecule has 1 amide bonds. The summed E-state index contributed by atoms with van der Waals surface area (Å²) in [6.45, 7) is 5.40. The number of nitrogens with two attached hydrogens (primary N) is 1. The van der Waals surface area contributed by atoms with Crippen LogP contribution in [-0.2, 0) is 19.2 Å². The summed E-state index contributed by atoms with van der Waals surface area (Å²) in [4.78, 5) is 29.8. The van der Waals surface area contributed by atoms with E-state index in [9.17, 15) is 9.59 Å². The summed E-state index contributed by atoms with van der Waals surface area (Å²) in [5.41, 5.74) is 4.51. The minimum Gasteiger partial charge on any atom is -0.459 e. The van der Waals surface area contributed by atoms with E-state index in [2.05, 4.69) is 0 Å². The Bertz CT molecular complexity index is 399. The van der Waals surface area contributed by atoms with Crippen molar-refractivity contribution in [2.45, 2.75) is 70.4 Å². The van der Waals surface area contributed by atoms with Gasteiger partial charge in [0.2, 0.25) is 5.91 Å². The van der Waals surface area contributed by atoms with Crippen LogP contribution in [0.2, 0.25) is 0 Å². The van der Waals surface area contributed by atoms with Crippen LogP contribution in [0.1, 0.15) is 59.3 Å². The number of ether oxygens (including phenoxy) is 1. The molecule has 0 aromatic heterocycles. The maximum Gasteiger partial charge on any atom is 0.327 e. The first kappa shape index (κ1) is 18.9. The Balaban J connectivity index is 2.97. The van der Waals surface area contributed by atoms with Crippen LogP contribution in [0.4, 0.5) is 0 Å². The molecule has 1 fully saturated rings. The number of hydroxylamine groups is 2. The molecule has 0 heterocycles. The van der Waals surface area contributed by atoms with E-state index < -0.39 is 17.1 Å². The van der Waals surface area contributed by atoms with Gasteiger partial charge in [0, 0.05) is 7.05 Å². The van der Waals surface area contributed by atoms with Crippen LogP contribution in [0.5, 0.6) is 0 Å². The standard InChI is InChI=1S/C16H30N2O4/c1-15(2,3)22-14(20)16(17,11-13(19)18(4)21-5)12-9-7-6-8-10-12/h12H,6-11,17H2,1-5H3. The largest absolute Gasteiger partial charge is 0.459 e. The number of hydrogen-bond acceptors (Lipinski definition) is 5. The second kappa shape index (κ2) is 7.42. The van der Waals surface area contributed by atoms with E-state index in [1.165, 1.54) is 14.2 Å². The third-order valence-electron chi connectivity index (χ3n) is 4.18. The summed E-state index contributed by atoms with van der Waals surface area (Å²) < 4.78 is 5.49. The maximum absolute atomic E-state index is 12.7. The van der Waals surface area contributed by atoms with E-state index in [-0.39, 0.29) is 18.2 Å². The van der Waals surface area contributed by atoms with Crippen molar-refractivity contribution in [1.82, 2.24) is 5.06 Å². The van der Waals surface area contributed by atoms with Gasteiger partial charge in [0.25, 0.3) is 0 Å². The molecule has 0 aromatic carbocycles. The molecule has 2 N–H and O–H groups in total. The normalized spacial score (nSPS) is 19.4. The van der Waals surface area contributed by atoms with E-state index in [4.69, 9.17) is 15.3 Å². The van der Waals surface area contributed by atoms with Gasteiger partial charge in [-0.1, -0.05) is 19.3 Å². The monoisotopic (exact) mass is 314 g/mol. The Morgan fingerprint density at radius 1 is 1.18 bits per heavy atom. The number of nitrogens with zero attached hydrogens (tertiary/aromatic N) is 1. The summed E-state index contributed by atoms with van der Waals surface area (Å²) in [5, 5.41) is 1.11. The summed E-state index contributed by atoms with van der Waals surface area (Å²) in [7, 11) is 2.92. The van der Waals surface area contributed by atoms with Gasteiger partial charge in [-0.05, 0) is 39.5 Å². The molecule has 0 aromatic rings. The first-order valence-electron chi connectivity index (χ1n) is 7.93. The lowest BCUT2D eigenvalue weighted by atomic mass is 9.73. The van der Waals surface area contributed by atoms with E-state index in [1.807, 2.05) is 0 Å². The summed E-state index contributed by atoms with van der Waals surface area (Å²) in [5.74, 6) is -0.850. The Morgan fingerprint density at radius 2 is 1.73 bits per heavy atom. The summed E-state index contributed by atoms with van der Waals surface area (Å²) in [6, 6.07) is 0. The number of amides is 1. The molecule has 0 aliphatic heterocycles. The summed E-state index contributed by atoms with van der Waals surface area (Å²) in [6.07, 6.45) is 4.80. The van der Waals surface area contributed by atoms with Crippen molar-refractivity contribution >= 4 is 11.9 Å². The van der Waals surface area contributed by atoms with Crippen molar-refractivity contribution in [1.29, 1.82) is 0 Å². The van der Waals surface area contributed by atoms with Crippen molar-refractivity contribution in [2.24, 2.45) is 11.7 Å². The molecule has 0 bridgehead atoms. The average molecular weight is 314 g/mol. The molecular weight excluding hydrogens is 284 g/mol. The van der Waals surface area contributed by atoms with Crippen molar-refractivity contribution in [3.8, 4) is 0 Å². The number of rotatable bonds is 5. The highest BCUT2D eigenvalue weighted by molar-refractivity contribution is 5.89. The highest BCUT2D eigenvalue weighted by Gasteiger charge is 2.47. The van der Waals surface area contributed by atoms with Gasteiger partial charge in [0.15, 0.2) is 0 Å². The fourth-order valence-corrected chi connectivity index (χ4v) is 2.84. The number of carbonyl (C=O) groups is 2. The highest BCUT2D eigenvalue weighted by atomic mass is 16.7. The average Bonchev–Trinajstić information content (AvgIpc) is 2.45. The SMILES string of the molecule is CON(C)C(=O)CC(N)(C(=O)OC(C)(C)C)C1CCCCC1. The van der Waals surface area contributed by atoms with Gasteiger partial charge in [-0.15, -0.1) is 0 Å². The van der Waals surface area contributed by atoms with Crippen molar-refractivity contribution in [3.63, 3.8) is 0 Å². The van der Waals surface area contributed by atoms with Gasteiger partial charge in [-0.2, -0.15) is 0 Å². The Labute approximate surface area is 133 Å². The lowest BCUT2D eigenvalue weighted by Crippen LogP contribution is -2.59. The Kier molecular flexibility index (Phi) is 6.38. The molecule has 6 nitrogen and oxygen atoms in total. The lowest BCUT2D eigenvalue weighted by Gasteiger charge is -2.39. The quantitative estimate of drug-likeness (QED) is 0.620. The van der Waals surface area contributed by atoms with Crippen LogP contribution in [0.25, 0.3) is 0 Å². The van der Waals surface area contributed by atoms with Gasteiger partial charge in [0.05, 0.1) is 13.5 Å². The second-order valence-corrected chi connectivity index (χ2v) is 7.13. The highest BCUT2D eigenvalue weighted by Crippen LogP contribution is 2.35. The molecule has 1 unspecified atom stereocenters. The van der Waals surface area contributed by atoms with Crippen LogP contribution in [0.15, 0.2) is 0 Å². The molecule has 1 saturated carbocycles. The number of esters is 1. The van der Waals surface area contributed by atoms with E-state index in [0.29, 0.717) is 0 Å². The zero-order chi connectivity index (χ0) is 17.0. The number of hydrogen-bond donors (Lipinski definition) is 1. The third-order valence-corrected chi connectivity index (χ3v) is 4.18. The molecular formula is C16H30N2O4. The topological polar surface area (TPSA) is 81.9 Å². The number of carbonyl (C=O) groups excluding carboxylic acids is 2. The van der Waals surface area contributed by atoms with Crippen LogP contribution >= 0.6 is 0 Å². The minimum absolute atomic E-state index is 0.0368. The molecule has 0 radical (unpaired) electrons. The van der Waals surface area contributed by atoms with Crippen molar-refractivity contribution < 1.29 is 19.2 Å². The lowest BCUT2D eigenvalue weighted by molar-refractivity contribution is -0.177. The van der Waals surface area contributed by atoms with Crippen LogP contribution in [-0.4, -0.2) is 42.2 Å². The Morgan fingerprint density at radius 3 is 2.18 bits per heavy atom. The van der Waals surface area contributed by atoms with Gasteiger partial charge >= 0.3 is 5.97 Å². The van der Waals surface area contributed by atoms with Crippen molar-refractivity contribution in [2.75, 3.05) is 14.2 Å². The van der Waals surface area contributed by atoms with Crippen LogP contribution in [0.3, 0.4) is 0 Å². The van der Waals surface area contributed by atoms with Gasteiger partial charge in [-0.25, -0.2) is 5.06 Å². The predicted molar refractivity (Wildman–Crippen MR) is 83.7 cm³/mol. The zero-order valence-electron chi connectivity index (χ0n) is 14.5. The maximum atomic E-state index is 12.7. The molecule has 1 aliphatic rings. The Hall–Kier alpha value is -1.14. The third kappa shape index (κ3) is 4.95. The molecule has 1 rings (SSSR count). The zero-order valence-corrected chi connectivity index (χ0v) is 14.5. The van der Waals surface area contributed by atoms with E-state index >= 15 is 0 Å². The molecule has 1 aliphatic carbocycles. The first-order valence-corrected chi connectivity index (χ1v) is 7.93. The smallest absolute Gasteiger partial charge is 0.327 e. The van der Waals surface area contributed by atoms with Gasteiger partial charge in [-0.3, -0.25) is 14.4 Å². The predicted octanol–water partition coefficient (Wildman–Crippen LogP) is 2.02. The molecule has 1 atom stereocenters. The summed E-state index contributed by atoms with van der Waals surface area (Å²) >= 11 is 0. The first-order chi connectivity index (χ1) is 10.1. The fourth-order valence-electron chi connectivity index (χ4n) is 2.84. The minimum atomic E-state index is -1.29. The van der Waals surface area contributed by atoms with E-state index in [1.54, 1.807) is 20.8 Å². The van der Waals surface area contributed by atoms with E-state index in [0.717, 1.165) is 37.2 Å².